The Hall–Kier alpha value is -6.44. The number of hydrogen-bond donors (Lipinski definition) is 0. The van der Waals surface area contributed by atoms with Crippen LogP contribution >= 0.6 is 0 Å². The molecule has 0 aliphatic heterocycles. The Labute approximate surface area is 284 Å². The lowest BCUT2D eigenvalue weighted by molar-refractivity contribution is 0.670. The molecule has 0 N–H and O–H groups in total. The molecular formula is C48H30O. The zero-order valence-electron chi connectivity index (χ0n) is 26.7. The van der Waals surface area contributed by atoms with Crippen LogP contribution in [0, 0.1) is 0 Å². The van der Waals surface area contributed by atoms with Gasteiger partial charge in [0, 0.05) is 16.3 Å². The molecule has 1 nitrogen and oxygen atoms in total. The van der Waals surface area contributed by atoms with Gasteiger partial charge in [0.2, 0.25) is 0 Å². The van der Waals surface area contributed by atoms with Crippen LogP contribution in [0.3, 0.4) is 0 Å². The maximum Gasteiger partial charge on any atom is 0.143 e. The number of hydrogen-bond acceptors (Lipinski definition) is 1. The third-order valence-corrected chi connectivity index (χ3v) is 10.1. The highest BCUT2D eigenvalue weighted by atomic mass is 16.3. The maximum absolute atomic E-state index is 6.57. The van der Waals surface area contributed by atoms with E-state index in [0.29, 0.717) is 0 Å². The van der Waals surface area contributed by atoms with Gasteiger partial charge in [-0.2, -0.15) is 0 Å². The van der Waals surface area contributed by atoms with Gasteiger partial charge in [-0.3, -0.25) is 0 Å². The van der Waals surface area contributed by atoms with Crippen molar-refractivity contribution < 1.29 is 4.42 Å². The Bertz CT molecular complexity index is 2830. The molecule has 1 aromatic heterocycles. The lowest BCUT2D eigenvalue weighted by atomic mass is 9.82. The van der Waals surface area contributed by atoms with Gasteiger partial charge < -0.3 is 4.42 Å². The Balaban J connectivity index is 1.29. The highest BCUT2D eigenvalue weighted by Crippen LogP contribution is 2.49. The van der Waals surface area contributed by atoms with Gasteiger partial charge in [-0.25, -0.2) is 0 Å². The summed E-state index contributed by atoms with van der Waals surface area (Å²) in [5.74, 6) is 0. The Morgan fingerprint density at radius 2 is 0.633 bits per heavy atom. The van der Waals surface area contributed by atoms with Crippen LogP contribution in [0.4, 0.5) is 0 Å². The summed E-state index contributed by atoms with van der Waals surface area (Å²) in [6.45, 7) is 0. The molecule has 0 amide bonds. The van der Waals surface area contributed by atoms with Gasteiger partial charge in [0.05, 0.1) is 0 Å². The normalized spacial score (nSPS) is 11.7. The predicted molar refractivity (Wildman–Crippen MR) is 208 cm³/mol. The second-order valence-electron chi connectivity index (χ2n) is 12.7. The average molecular weight is 623 g/mol. The number of para-hydroxylation sites is 2. The summed E-state index contributed by atoms with van der Waals surface area (Å²) in [7, 11) is 0. The summed E-state index contributed by atoms with van der Waals surface area (Å²) >= 11 is 0. The van der Waals surface area contributed by atoms with Crippen molar-refractivity contribution in [2.24, 2.45) is 0 Å². The number of furan rings is 1. The fraction of sp³-hybridized carbons (Fsp3) is 0. The van der Waals surface area contributed by atoms with Gasteiger partial charge in [-0.15, -0.1) is 0 Å². The number of rotatable bonds is 4. The van der Waals surface area contributed by atoms with E-state index in [9.17, 15) is 0 Å². The van der Waals surface area contributed by atoms with Crippen LogP contribution in [0.1, 0.15) is 0 Å². The van der Waals surface area contributed by atoms with Crippen LogP contribution in [0.25, 0.3) is 98.8 Å². The van der Waals surface area contributed by atoms with E-state index in [1.165, 1.54) is 65.7 Å². The first kappa shape index (κ1) is 27.7. The van der Waals surface area contributed by atoms with Crippen LogP contribution in [0.15, 0.2) is 186 Å². The minimum atomic E-state index is 0.910. The molecule has 0 aliphatic rings. The Morgan fingerprint density at radius 3 is 1.27 bits per heavy atom. The van der Waals surface area contributed by atoms with Crippen molar-refractivity contribution in [3.8, 4) is 44.5 Å². The largest absolute Gasteiger partial charge is 0.455 e. The highest BCUT2D eigenvalue weighted by Gasteiger charge is 2.22. The summed E-state index contributed by atoms with van der Waals surface area (Å²) in [5, 5.41) is 9.72. The molecule has 10 rings (SSSR count). The van der Waals surface area contributed by atoms with Gasteiger partial charge in [-0.1, -0.05) is 176 Å². The monoisotopic (exact) mass is 622 g/mol. The SMILES string of the molecule is c1ccc(-c2c3ccccc3c(-c3ccccc3-c3cccc4c3oc3ccccc34)c3ccccc23)c(-c2cccc3ccccc23)c1. The lowest BCUT2D eigenvalue weighted by Gasteiger charge is -2.21. The molecule has 0 fully saturated rings. The van der Waals surface area contributed by atoms with Gasteiger partial charge >= 0.3 is 0 Å². The third-order valence-electron chi connectivity index (χ3n) is 10.1. The average Bonchev–Trinajstić information content (AvgIpc) is 3.56. The quantitative estimate of drug-likeness (QED) is 0.178. The molecule has 49 heavy (non-hydrogen) atoms. The molecule has 0 atom stereocenters. The van der Waals surface area contributed by atoms with Crippen molar-refractivity contribution >= 4 is 54.3 Å². The second kappa shape index (κ2) is 11.1. The van der Waals surface area contributed by atoms with Crippen LogP contribution in [-0.4, -0.2) is 0 Å². The van der Waals surface area contributed by atoms with Gasteiger partial charge in [0.15, 0.2) is 0 Å². The first-order chi connectivity index (χ1) is 24.3. The molecule has 9 aromatic carbocycles. The second-order valence-corrected chi connectivity index (χ2v) is 12.7. The molecule has 0 radical (unpaired) electrons. The molecule has 0 bridgehead atoms. The predicted octanol–water partition coefficient (Wildman–Crippen LogP) is 13.7. The third kappa shape index (κ3) is 4.26. The van der Waals surface area contributed by atoms with E-state index in [1.807, 2.05) is 6.07 Å². The van der Waals surface area contributed by atoms with E-state index in [2.05, 4.69) is 176 Å². The summed E-state index contributed by atoms with van der Waals surface area (Å²) in [6.07, 6.45) is 0. The summed E-state index contributed by atoms with van der Waals surface area (Å²) in [5.41, 5.74) is 11.5. The summed E-state index contributed by atoms with van der Waals surface area (Å²) < 4.78 is 6.57. The van der Waals surface area contributed by atoms with Crippen molar-refractivity contribution in [2.45, 2.75) is 0 Å². The zero-order valence-corrected chi connectivity index (χ0v) is 26.7. The lowest BCUT2D eigenvalue weighted by Crippen LogP contribution is -1.94. The van der Waals surface area contributed by atoms with E-state index in [1.54, 1.807) is 0 Å². The fourth-order valence-corrected chi connectivity index (χ4v) is 8.00. The van der Waals surface area contributed by atoms with Crippen molar-refractivity contribution in [3.05, 3.63) is 182 Å². The van der Waals surface area contributed by atoms with Gasteiger partial charge in [0.25, 0.3) is 0 Å². The Kier molecular flexibility index (Phi) is 6.25. The molecule has 1 heterocycles. The minimum Gasteiger partial charge on any atom is -0.455 e. The topological polar surface area (TPSA) is 13.1 Å². The highest BCUT2D eigenvalue weighted by molar-refractivity contribution is 6.24. The van der Waals surface area contributed by atoms with Crippen LogP contribution in [-0.2, 0) is 0 Å². The van der Waals surface area contributed by atoms with Gasteiger partial charge in [-0.05, 0) is 77.3 Å². The first-order valence-corrected chi connectivity index (χ1v) is 16.9. The molecule has 0 aliphatic carbocycles. The molecule has 0 saturated heterocycles. The first-order valence-electron chi connectivity index (χ1n) is 16.9. The number of fused-ring (bicyclic) bond motifs is 6. The van der Waals surface area contributed by atoms with Gasteiger partial charge in [0.1, 0.15) is 11.2 Å². The van der Waals surface area contributed by atoms with E-state index in [0.717, 1.165) is 33.1 Å². The molecule has 0 unspecified atom stereocenters. The molecular weight excluding hydrogens is 593 g/mol. The maximum atomic E-state index is 6.57. The van der Waals surface area contributed by atoms with Crippen LogP contribution < -0.4 is 0 Å². The molecule has 228 valence electrons. The Morgan fingerprint density at radius 1 is 0.245 bits per heavy atom. The smallest absolute Gasteiger partial charge is 0.143 e. The zero-order chi connectivity index (χ0) is 32.3. The van der Waals surface area contributed by atoms with E-state index in [-0.39, 0.29) is 0 Å². The van der Waals surface area contributed by atoms with E-state index >= 15 is 0 Å². The number of benzene rings is 9. The molecule has 0 spiro atoms. The summed E-state index contributed by atoms with van der Waals surface area (Å²) in [4.78, 5) is 0. The fourth-order valence-electron chi connectivity index (χ4n) is 8.00. The van der Waals surface area contributed by atoms with E-state index in [4.69, 9.17) is 4.42 Å². The van der Waals surface area contributed by atoms with Crippen molar-refractivity contribution in [2.75, 3.05) is 0 Å². The molecule has 1 heteroatoms. The van der Waals surface area contributed by atoms with Crippen LogP contribution in [0.2, 0.25) is 0 Å². The van der Waals surface area contributed by atoms with Crippen LogP contribution in [0.5, 0.6) is 0 Å². The standard InChI is InChI=1S/C48H30O/c1-2-17-32-31(15-1)16-13-27-33(32)34-18-3-5-21-37(34)46-39-23-7-9-25-41(39)47(42-26-10-8-24-40(42)46)38-22-6-4-19-35(38)43-28-14-29-44-36-20-11-12-30-45(36)49-48(43)44/h1-30H. The van der Waals surface area contributed by atoms with Crippen molar-refractivity contribution in [1.29, 1.82) is 0 Å². The van der Waals surface area contributed by atoms with Crippen molar-refractivity contribution in [3.63, 3.8) is 0 Å². The minimum absolute atomic E-state index is 0.910. The molecule has 10 aromatic rings. The summed E-state index contributed by atoms with van der Waals surface area (Å²) in [6, 6.07) is 65.7. The van der Waals surface area contributed by atoms with Crippen molar-refractivity contribution in [1.82, 2.24) is 0 Å². The van der Waals surface area contributed by atoms with E-state index < -0.39 is 0 Å². The molecule has 0 saturated carbocycles.